The van der Waals surface area contributed by atoms with Crippen molar-refractivity contribution in [3.05, 3.63) is 0 Å². The van der Waals surface area contributed by atoms with E-state index in [0.29, 0.717) is 13.1 Å². The van der Waals surface area contributed by atoms with E-state index in [4.69, 9.17) is 23.7 Å². The minimum Gasteiger partial charge on any atom is -0.462 e. The Morgan fingerprint density at radius 1 is 0.897 bits per heavy atom. The lowest BCUT2D eigenvalue weighted by atomic mass is 10.1. The lowest BCUT2D eigenvalue weighted by molar-refractivity contribution is -0.176. The standard InChI is InChI=1S/C18H29NO9S/c1-7-19(8-2)29-18-17(27-13(6)23)16(26-12(5)22)15(28-18)14(25-11(4)21)9-24-10(3)20/h14-18H,7-9H2,1-6H3/t14-,15-,16+,17-,18+/m1/s1. The van der Waals surface area contributed by atoms with Gasteiger partial charge in [0.25, 0.3) is 0 Å². The molecule has 0 bridgehead atoms. The van der Waals surface area contributed by atoms with Gasteiger partial charge in [-0.3, -0.25) is 19.2 Å². The highest BCUT2D eigenvalue weighted by Crippen LogP contribution is 2.37. The molecule has 0 aromatic carbocycles. The van der Waals surface area contributed by atoms with E-state index in [-0.39, 0.29) is 6.61 Å². The van der Waals surface area contributed by atoms with Gasteiger partial charge in [0.05, 0.1) is 0 Å². The number of carbonyl (C=O) groups is 4. The first-order valence-electron chi connectivity index (χ1n) is 9.31. The summed E-state index contributed by atoms with van der Waals surface area (Å²) in [7, 11) is 0. The Morgan fingerprint density at radius 3 is 1.90 bits per heavy atom. The van der Waals surface area contributed by atoms with Gasteiger partial charge in [-0.05, 0) is 11.9 Å². The average Bonchev–Trinajstić information content (AvgIpc) is 2.92. The highest BCUT2D eigenvalue weighted by Gasteiger charge is 2.54. The zero-order valence-electron chi connectivity index (χ0n) is 17.5. The summed E-state index contributed by atoms with van der Waals surface area (Å²) in [5.74, 6) is -2.40. The third kappa shape index (κ3) is 8.19. The molecular weight excluding hydrogens is 406 g/mol. The molecular formula is C18H29NO9S. The first-order chi connectivity index (χ1) is 13.6. The molecule has 0 N–H and O–H groups in total. The summed E-state index contributed by atoms with van der Waals surface area (Å²) in [4.78, 5) is 46.2. The number of hydrogen-bond donors (Lipinski definition) is 0. The third-order valence-corrected chi connectivity index (χ3v) is 5.31. The number of nitrogens with zero attached hydrogens (tertiary/aromatic N) is 1. The highest BCUT2D eigenvalue weighted by molar-refractivity contribution is 7.97. The van der Waals surface area contributed by atoms with Gasteiger partial charge in [-0.2, -0.15) is 0 Å². The van der Waals surface area contributed by atoms with E-state index in [1.807, 2.05) is 18.2 Å². The molecule has 0 unspecified atom stereocenters. The fourth-order valence-corrected chi connectivity index (χ4v) is 3.90. The van der Waals surface area contributed by atoms with E-state index < -0.39 is 53.7 Å². The molecule has 1 aliphatic heterocycles. The van der Waals surface area contributed by atoms with Gasteiger partial charge < -0.3 is 23.7 Å². The number of esters is 4. The Morgan fingerprint density at radius 2 is 1.45 bits per heavy atom. The highest BCUT2D eigenvalue weighted by atomic mass is 32.2. The normalized spacial score (nSPS) is 24.7. The van der Waals surface area contributed by atoms with E-state index >= 15 is 0 Å². The second-order valence-corrected chi connectivity index (χ2v) is 7.48. The van der Waals surface area contributed by atoms with Gasteiger partial charge in [0.2, 0.25) is 0 Å². The molecule has 0 spiro atoms. The van der Waals surface area contributed by atoms with Crippen LogP contribution in [0.2, 0.25) is 0 Å². The van der Waals surface area contributed by atoms with Gasteiger partial charge in [-0.25, -0.2) is 4.31 Å². The summed E-state index contributed by atoms with van der Waals surface area (Å²) in [5.41, 5.74) is -0.719. The van der Waals surface area contributed by atoms with E-state index in [2.05, 4.69) is 0 Å². The smallest absolute Gasteiger partial charge is 0.303 e. The van der Waals surface area contributed by atoms with Crippen LogP contribution in [0.25, 0.3) is 0 Å². The molecule has 1 saturated heterocycles. The largest absolute Gasteiger partial charge is 0.462 e. The van der Waals surface area contributed by atoms with Crippen LogP contribution < -0.4 is 0 Å². The molecule has 0 aromatic heterocycles. The molecule has 1 fully saturated rings. The maximum absolute atomic E-state index is 11.7. The van der Waals surface area contributed by atoms with Gasteiger partial charge >= 0.3 is 23.9 Å². The Hall–Kier alpha value is -1.85. The van der Waals surface area contributed by atoms with Crippen molar-refractivity contribution in [2.45, 2.75) is 71.4 Å². The quantitative estimate of drug-likeness (QED) is 0.278. The Kier molecular flexibility index (Phi) is 10.4. The molecule has 1 rings (SSSR count). The van der Waals surface area contributed by atoms with E-state index in [0.717, 1.165) is 0 Å². The van der Waals surface area contributed by atoms with Gasteiger partial charge in [0.1, 0.15) is 12.7 Å². The molecule has 5 atom stereocenters. The van der Waals surface area contributed by atoms with Gasteiger partial charge in [-0.15, -0.1) is 0 Å². The van der Waals surface area contributed by atoms with Crippen LogP contribution >= 0.6 is 11.9 Å². The SMILES string of the molecule is CCN(CC)S[C@@H]1O[C@H]([C@@H](COC(C)=O)OC(C)=O)[C@H](OC(C)=O)[C@H]1OC(C)=O. The molecule has 166 valence electrons. The second kappa shape index (κ2) is 12.0. The minimum atomic E-state index is -1.05. The Bertz CT molecular complexity index is 596. The topological polar surface area (TPSA) is 118 Å². The molecule has 0 aliphatic carbocycles. The fourth-order valence-electron chi connectivity index (χ4n) is 2.80. The molecule has 1 heterocycles. The molecule has 10 nitrogen and oxygen atoms in total. The Labute approximate surface area is 174 Å². The van der Waals surface area contributed by atoms with Crippen LogP contribution in [-0.2, 0) is 42.9 Å². The van der Waals surface area contributed by atoms with Crippen molar-refractivity contribution in [2.24, 2.45) is 0 Å². The summed E-state index contributed by atoms with van der Waals surface area (Å²) in [6.45, 7) is 9.85. The van der Waals surface area contributed by atoms with E-state index in [1.165, 1.54) is 39.6 Å². The summed E-state index contributed by atoms with van der Waals surface area (Å²) in [6.07, 6.45) is -4.05. The molecule has 29 heavy (non-hydrogen) atoms. The van der Waals surface area contributed by atoms with Crippen molar-refractivity contribution in [3.8, 4) is 0 Å². The van der Waals surface area contributed by atoms with Crippen molar-refractivity contribution in [2.75, 3.05) is 19.7 Å². The van der Waals surface area contributed by atoms with E-state index in [1.54, 1.807) is 0 Å². The summed E-state index contributed by atoms with van der Waals surface area (Å²) < 4.78 is 29.0. The van der Waals surface area contributed by atoms with Gasteiger partial charge in [0.15, 0.2) is 23.7 Å². The zero-order valence-corrected chi connectivity index (χ0v) is 18.4. The Balaban J connectivity index is 3.23. The summed E-state index contributed by atoms with van der Waals surface area (Å²) in [5, 5.41) is 0. The monoisotopic (exact) mass is 435 g/mol. The van der Waals surface area contributed by atoms with Crippen LogP contribution in [0.15, 0.2) is 0 Å². The lowest BCUT2D eigenvalue weighted by Crippen LogP contribution is -2.46. The predicted molar refractivity (Wildman–Crippen MR) is 102 cm³/mol. The van der Waals surface area contributed by atoms with Crippen molar-refractivity contribution >= 4 is 35.8 Å². The summed E-state index contributed by atoms with van der Waals surface area (Å²) in [6, 6.07) is 0. The molecule has 0 aromatic rings. The molecule has 11 heteroatoms. The molecule has 1 aliphatic rings. The van der Waals surface area contributed by atoms with Crippen molar-refractivity contribution in [3.63, 3.8) is 0 Å². The van der Waals surface area contributed by atoms with Crippen LogP contribution in [0.1, 0.15) is 41.5 Å². The van der Waals surface area contributed by atoms with E-state index in [9.17, 15) is 19.2 Å². The fraction of sp³-hybridized carbons (Fsp3) is 0.778. The second-order valence-electron chi connectivity index (χ2n) is 6.29. The maximum Gasteiger partial charge on any atom is 0.303 e. The predicted octanol–water partition coefficient (Wildman–Crippen LogP) is 1.06. The molecule has 0 amide bonds. The van der Waals surface area contributed by atoms with Gasteiger partial charge in [-0.1, -0.05) is 13.8 Å². The van der Waals surface area contributed by atoms with Crippen LogP contribution in [0.5, 0.6) is 0 Å². The number of carbonyl (C=O) groups excluding carboxylic acids is 4. The average molecular weight is 435 g/mol. The van der Waals surface area contributed by atoms with Crippen molar-refractivity contribution < 1.29 is 42.9 Å². The van der Waals surface area contributed by atoms with Crippen LogP contribution in [-0.4, -0.2) is 77.7 Å². The van der Waals surface area contributed by atoms with Crippen molar-refractivity contribution in [1.82, 2.24) is 4.31 Å². The number of hydrogen-bond acceptors (Lipinski definition) is 11. The third-order valence-electron chi connectivity index (χ3n) is 3.90. The first kappa shape index (κ1) is 25.2. The van der Waals surface area contributed by atoms with Crippen LogP contribution in [0.4, 0.5) is 0 Å². The molecule has 0 saturated carbocycles. The van der Waals surface area contributed by atoms with Gasteiger partial charge in [0, 0.05) is 40.8 Å². The zero-order chi connectivity index (χ0) is 22.1. The van der Waals surface area contributed by atoms with Crippen LogP contribution in [0.3, 0.4) is 0 Å². The maximum atomic E-state index is 11.7. The summed E-state index contributed by atoms with van der Waals surface area (Å²) >= 11 is 1.29. The van der Waals surface area contributed by atoms with Crippen LogP contribution in [0, 0.1) is 0 Å². The number of rotatable bonds is 10. The first-order valence-corrected chi connectivity index (χ1v) is 10.1. The number of ether oxygens (including phenoxy) is 5. The molecule has 0 radical (unpaired) electrons. The lowest BCUT2D eigenvalue weighted by Gasteiger charge is -2.27. The van der Waals surface area contributed by atoms with Crippen molar-refractivity contribution in [1.29, 1.82) is 0 Å². The minimum absolute atomic E-state index is 0.299.